The molecule has 0 aliphatic carbocycles. The van der Waals surface area contributed by atoms with E-state index in [1.165, 1.54) is 0 Å². The van der Waals surface area contributed by atoms with E-state index in [0.717, 1.165) is 16.7 Å². The lowest BCUT2D eigenvalue weighted by Gasteiger charge is -2.24. The van der Waals surface area contributed by atoms with Gasteiger partial charge in [-0.15, -0.1) is 0 Å². The Hall–Kier alpha value is -3.22. The average Bonchev–Trinajstić information content (AvgIpc) is 2.67. The number of hydrogen-bond donors (Lipinski definition) is 2. The van der Waals surface area contributed by atoms with Crippen molar-refractivity contribution in [2.45, 2.75) is 25.9 Å². The van der Waals surface area contributed by atoms with Gasteiger partial charge in [-0.3, -0.25) is 4.79 Å². The Labute approximate surface area is 164 Å². The standard InChI is InChI=1S/C21H25N3O4/c1-14-5-3-4-6-16(14)17(23-21(22)26)12-20(25)24(2)13-15-7-8-18-19(11-15)28-10-9-27-18/h3-8,11,17H,9-10,12-13H2,1-2H3,(H3,22,23,26)/t17-/m0/s1. The fourth-order valence-corrected chi connectivity index (χ4v) is 3.27. The highest BCUT2D eigenvalue weighted by atomic mass is 16.6. The third-order valence-electron chi connectivity index (χ3n) is 4.71. The summed E-state index contributed by atoms with van der Waals surface area (Å²) in [5, 5.41) is 2.68. The van der Waals surface area contributed by atoms with Crippen LogP contribution >= 0.6 is 0 Å². The molecule has 3 rings (SSSR count). The molecule has 0 aromatic heterocycles. The monoisotopic (exact) mass is 383 g/mol. The normalized spacial score (nSPS) is 13.5. The first kappa shape index (κ1) is 19.5. The predicted molar refractivity (Wildman–Crippen MR) is 105 cm³/mol. The van der Waals surface area contributed by atoms with Crippen molar-refractivity contribution in [3.8, 4) is 11.5 Å². The molecule has 148 valence electrons. The van der Waals surface area contributed by atoms with Gasteiger partial charge in [0.25, 0.3) is 0 Å². The van der Waals surface area contributed by atoms with E-state index in [-0.39, 0.29) is 12.3 Å². The largest absolute Gasteiger partial charge is 0.486 e. The van der Waals surface area contributed by atoms with Gasteiger partial charge in [0.1, 0.15) is 13.2 Å². The molecule has 3 amide bonds. The number of urea groups is 1. The molecule has 0 bridgehead atoms. The van der Waals surface area contributed by atoms with Crippen LogP contribution in [0.3, 0.4) is 0 Å². The summed E-state index contributed by atoms with van der Waals surface area (Å²) in [5.74, 6) is 1.31. The van der Waals surface area contributed by atoms with Crippen molar-refractivity contribution in [1.29, 1.82) is 0 Å². The summed E-state index contributed by atoms with van der Waals surface area (Å²) >= 11 is 0. The van der Waals surface area contributed by atoms with E-state index in [1.807, 2.05) is 49.4 Å². The first-order chi connectivity index (χ1) is 13.4. The van der Waals surface area contributed by atoms with Crippen LogP contribution in [-0.2, 0) is 11.3 Å². The predicted octanol–water partition coefficient (Wildman–Crippen LogP) is 2.52. The summed E-state index contributed by atoms with van der Waals surface area (Å²) in [5.41, 5.74) is 8.13. The zero-order valence-electron chi connectivity index (χ0n) is 16.1. The van der Waals surface area contributed by atoms with E-state index in [4.69, 9.17) is 15.2 Å². The zero-order chi connectivity index (χ0) is 20.1. The third-order valence-corrected chi connectivity index (χ3v) is 4.71. The topological polar surface area (TPSA) is 93.9 Å². The van der Waals surface area contributed by atoms with E-state index in [9.17, 15) is 9.59 Å². The Morgan fingerprint density at radius 2 is 1.86 bits per heavy atom. The minimum Gasteiger partial charge on any atom is -0.486 e. The fraction of sp³-hybridized carbons (Fsp3) is 0.333. The van der Waals surface area contributed by atoms with Gasteiger partial charge in [-0.25, -0.2) is 4.79 Å². The molecule has 0 fully saturated rings. The fourth-order valence-electron chi connectivity index (χ4n) is 3.27. The Kier molecular flexibility index (Phi) is 6.03. The highest BCUT2D eigenvalue weighted by molar-refractivity contribution is 5.79. The van der Waals surface area contributed by atoms with Crippen molar-refractivity contribution in [3.05, 3.63) is 59.2 Å². The SMILES string of the molecule is Cc1ccccc1[C@H](CC(=O)N(C)Cc1ccc2c(c1)OCCO2)NC(N)=O. The second kappa shape index (κ2) is 8.65. The van der Waals surface area contributed by atoms with Crippen LogP contribution in [0.5, 0.6) is 11.5 Å². The number of amides is 3. The van der Waals surface area contributed by atoms with Crippen LogP contribution in [0.15, 0.2) is 42.5 Å². The summed E-state index contributed by atoms with van der Waals surface area (Å²) in [4.78, 5) is 25.8. The van der Waals surface area contributed by atoms with E-state index in [1.54, 1.807) is 11.9 Å². The number of primary amides is 1. The number of carbonyl (C=O) groups excluding carboxylic acids is 2. The third kappa shape index (κ3) is 4.73. The highest BCUT2D eigenvalue weighted by Crippen LogP contribution is 2.31. The summed E-state index contributed by atoms with van der Waals surface area (Å²) in [6.07, 6.45) is 0.120. The van der Waals surface area contributed by atoms with Crippen LogP contribution in [0, 0.1) is 6.92 Å². The molecule has 0 saturated carbocycles. The molecule has 0 unspecified atom stereocenters. The van der Waals surface area contributed by atoms with Crippen molar-refractivity contribution in [1.82, 2.24) is 10.2 Å². The maximum Gasteiger partial charge on any atom is 0.312 e. The van der Waals surface area contributed by atoms with Gasteiger partial charge < -0.3 is 25.4 Å². The van der Waals surface area contributed by atoms with Crippen LogP contribution in [0.1, 0.15) is 29.2 Å². The minimum absolute atomic E-state index is 0.100. The maximum atomic E-state index is 12.8. The summed E-state index contributed by atoms with van der Waals surface area (Å²) in [7, 11) is 1.73. The van der Waals surface area contributed by atoms with Crippen LogP contribution in [0.2, 0.25) is 0 Å². The Morgan fingerprint density at radius 1 is 1.14 bits per heavy atom. The van der Waals surface area contributed by atoms with Gasteiger partial charge in [0, 0.05) is 13.6 Å². The summed E-state index contributed by atoms with van der Waals surface area (Å²) < 4.78 is 11.1. The van der Waals surface area contributed by atoms with E-state index < -0.39 is 12.1 Å². The molecule has 2 aromatic carbocycles. The Balaban J connectivity index is 1.69. The van der Waals surface area contributed by atoms with Crippen LogP contribution < -0.4 is 20.5 Å². The van der Waals surface area contributed by atoms with Gasteiger partial charge in [0.15, 0.2) is 11.5 Å². The number of nitrogens with one attached hydrogen (secondary N) is 1. The molecule has 0 spiro atoms. The van der Waals surface area contributed by atoms with Gasteiger partial charge in [-0.1, -0.05) is 30.3 Å². The van der Waals surface area contributed by atoms with Crippen molar-refractivity contribution in [2.75, 3.05) is 20.3 Å². The minimum atomic E-state index is -0.657. The molecule has 1 aliphatic rings. The van der Waals surface area contributed by atoms with E-state index in [0.29, 0.717) is 31.3 Å². The number of hydrogen-bond acceptors (Lipinski definition) is 4. The van der Waals surface area contributed by atoms with Gasteiger partial charge in [0.05, 0.1) is 12.5 Å². The highest BCUT2D eigenvalue weighted by Gasteiger charge is 2.21. The number of ether oxygens (including phenoxy) is 2. The molecular weight excluding hydrogens is 358 g/mol. The smallest absolute Gasteiger partial charge is 0.312 e. The molecule has 2 aromatic rings. The molecule has 3 N–H and O–H groups in total. The van der Waals surface area contributed by atoms with Crippen LogP contribution in [0.25, 0.3) is 0 Å². The molecule has 1 atom stereocenters. The molecule has 7 heteroatoms. The van der Waals surface area contributed by atoms with Crippen LogP contribution in [-0.4, -0.2) is 37.1 Å². The van der Waals surface area contributed by atoms with Crippen molar-refractivity contribution < 1.29 is 19.1 Å². The van der Waals surface area contributed by atoms with Crippen molar-refractivity contribution >= 4 is 11.9 Å². The molecule has 1 heterocycles. The number of nitrogens with two attached hydrogens (primary N) is 1. The first-order valence-electron chi connectivity index (χ1n) is 9.18. The molecule has 0 radical (unpaired) electrons. The molecule has 0 saturated heterocycles. The van der Waals surface area contributed by atoms with Crippen molar-refractivity contribution in [2.24, 2.45) is 5.73 Å². The van der Waals surface area contributed by atoms with Gasteiger partial charge in [0.2, 0.25) is 5.91 Å². The quantitative estimate of drug-likeness (QED) is 0.801. The number of benzene rings is 2. The summed E-state index contributed by atoms with van der Waals surface area (Å²) in [6.45, 7) is 3.42. The van der Waals surface area contributed by atoms with Gasteiger partial charge in [-0.05, 0) is 35.7 Å². The average molecular weight is 383 g/mol. The maximum absolute atomic E-state index is 12.8. The molecular formula is C21H25N3O4. The molecule has 7 nitrogen and oxygen atoms in total. The van der Waals surface area contributed by atoms with Gasteiger partial charge >= 0.3 is 6.03 Å². The molecule has 28 heavy (non-hydrogen) atoms. The lowest BCUT2D eigenvalue weighted by molar-refractivity contribution is -0.130. The van der Waals surface area contributed by atoms with Gasteiger partial charge in [-0.2, -0.15) is 0 Å². The number of aryl methyl sites for hydroxylation is 1. The lowest BCUT2D eigenvalue weighted by Crippen LogP contribution is -2.37. The lowest BCUT2D eigenvalue weighted by atomic mass is 9.98. The zero-order valence-corrected chi connectivity index (χ0v) is 16.1. The Bertz CT molecular complexity index is 868. The number of fused-ring (bicyclic) bond motifs is 1. The van der Waals surface area contributed by atoms with E-state index in [2.05, 4.69) is 5.32 Å². The van der Waals surface area contributed by atoms with Crippen molar-refractivity contribution in [3.63, 3.8) is 0 Å². The first-order valence-corrected chi connectivity index (χ1v) is 9.18. The second-order valence-electron chi connectivity index (χ2n) is 6.85. The Morgan fingerprint density at radius 3 is 2.57 bits per heavy atom. The number of nitrogens with zero attached hydrogens (tertiary/aromatic N) is 1. The molecule has 1 aliphatic heterocycles. The number of rotatable bonds is 6. The number of carbonyl (C=O) groups is 2. The summed E-state index contributed by atoms with van der Waals surface area (Å²) in [6, 6.07) is 12.1. The van der Waals surface area contributed by atoms with E-state index >= 15 is 0 Å². The van der Waals surface area contributed by atoms with Crippen LogP contribution in [0.4, 0.5) is 4.79 Å². The second-order valence-corrected chi connectivity index (χ2v) is 6.85.